The van der Waals surface area contributed by atoms with Gasteiger partial charge in [0, 0.05) is 12.7 Å². The molecule has 0 amide bonds. The molecule has 0 aliphatic carbocycles. The molecule has 0 aromatic heterocycles. The Bertz CT molecular complexity index is 435. The highest BCUT2D eigenvalue weighted by molar-refractivity contribution is 5.86. The van der Waals surface area contributed by atoms with Crippen molar-refractivity contribution in [2.24, 2.45) is 5.73 Å². The summed E-state index contributed by atoms with van der Waals surface area (Å²) in [5.41, 5.74) is 6.97. The number of nitrogens with one attached hydrogen (secondary N) is 1. The zero-order valence-corrected chi connectivity index (χ0v) is 9.54. The first-order valence-corrected chi connectivity index (χ1v) is 5.05. The van der Waals surface area contributed by atoms with Crippen molar-refractivity contribution in [2.45, 2.75) is 6.92 Å². The summed E-state index contributed by atoms with van der Waals surface area (Å²) < 4.78 is 0. The van der Waals surface area contributed by atoms with E-state index in [2.05, 4.69) is 54.4 Å². The van der Waals surface area contributed by atoms with Gasteiger partial charge in [0.05, 0.1) is 0 Å². The van der Waals surface area contributed by atoms with Gasteiger partial charge in [-0.1, -0.05) is 29.8 Å². The Balaban J connectivity index is 0.000000531. The van der Waals surface area contributed by atoms with Crippen molar-refractivity contribution in [2.75, 3.05) is 19.4 Å². The van der Waals surface area contributed by atoms with Crippen molar-refractivity contribution in [1.29, 1.82) is 0 Å². The second-order valence-electron chi connectivity index (χ2n) is 3.32. The van der Waals surface area contributed by atoms with Gasteiger partial charge in [0.2, 0.25) is 0 Å². The predicted molar refractivity (Wildman–Crippen MR) is 68.3 cm³/mol. The van der Waals surface area contributed by atoms with Crippen molar-refractivity contribution >= 4 is 16.5 Å². The largest absolute Gasteiger partial charge is 0.388 e. The lowest BCUT2D eigenvalue weighted by molar-refractivity contribution is 1.48. The van der Waals surface area contributed by atoms with Gasteiger partial charge in [-0.15, -0.1) is 0 Å². The Morgan fingerprint density at radius 3 is 2.20 bits per heavy atom. The molecule has 2 heteroatoms. The van der Waals surface area contributed by atoms with E-state index in [1.807, 2.05) is 7.05 Å². The van der Waals surface area contributed by atoms with Gasteiger partial charge in [0.1, 0.15) is 0 Å². The average Bonchev–Trinajstić information content (AvgIpc) is 2.31. The maximum absolute atomic E-state index is 4.50. The lowest BCUT2D eigenvalue weighted by Gasteiger charge is -2.03. The first-order valence-electron chi connectivity index (χ1n) is 5.05. The third kappa shape index (κ3) is 2.70. The fourth-order valence-corrected chi connectivity index (χ4v) is 1.52. The molecule has 0 aliphatic heterocycles. The molecule has 0 saturated carbocycles. The fraction of sp³-hybridized carbons (Fsp3) is 0.231. The van der Waals surface area contributed by atoms with Crippen LogP contribution in [0.5, 0.6) is 0 Å². The number of benzene rings is 2. The van der Waals surface area contributed by atoms with Crippen LogP contribution in [0.2, 0.25) is 0 Å². The average molecular weight is 202 g/mol. The number of rotatable bonds is 1. The van der Waals surface area contributed by atoms with E-state index < -0.39 is 0 Å². The van der Waals surface area contributed by atoms with E-state index in [0.717, 1.165) is 5.69 Å². The van der Waals surface area contributed by atoms with E-state index in [0.29, 0.717) is 0 Å². The highest BCUT2D eigenvalue weighted by atomic mass is 14.8. The van der Waals surface area contributed by atoms with E-state index in [-0.39, 0.29) is 0 Å². The number of aryl methyl sites for hydroxylation is 1. The van der Waals surface area contributed by atoms with Crippen LogP contribution in [0.4, 0.5) is 5.69 Å². The predicted octanol–water partition coefficient (Wildman–Crippen LogP) is 2.76. The summed E-state index contributed by atoms with van der Waals surface area (Å²) in [6.45, 7) is 2.12. The van der Waals surface area contributed by atoms with Gasteiger partial charge in [0.25, 0.3) is 0 Å². The summed E-state index contributed by atoms with van der Waals surface area (Å²) in [5, 5.41) is 5.73. The van der Waals surface area contributed by atoms with Crippen molar-refractivity contribution in [3.8, 4) is 0 Å². The van der Waals surface area contributed by atoms with Crippen LogP contribution in [-0.4, -0.2) is 14.1 Å². The lowest BCUT2D eigenvalue weighted by Crippen LogP contribution is -1.86. The molecule has 80 valence electrons. The lowest BCUT2D eigenvalue weighted by atomic mass is 10.1. The van der Waals surface area contributed by atoms with Crippen LogP contribution in [0, 0.1) is 6.92 Å². The topological polar surface area (TPSA) is 38.0 Å². The molecule has 0 fully saturated rings. The SMILES string of the molecule is CN.CNc1ccc2cc(C)ccc2c1. The van der Waals surface area contributed by atoms with E-state index >= 15 is 0 Å². The number of nitrogens with two attached hydrogens (primary N) is 1. The molecule has 15 heavy (non-hydrogen) atoms. The fourth-order valence-electron chi connectivity index (χ4n) is 1.52. The monoisotopic (exact) mass is 202 g/mol. The first-order chi connectivity index (χ1) is 7.29. The minimum atomic E-state index is 1.16. The second-order valence-corrected chi connectivity index (χ2v) is 3.32. The Labute approximate surface area is 91.1 Å². The summed E-state index contributed by atoms with van der Waals surface area (Å²) in [4.78, 5) is 0. The molecule has 3 N–H and O–H groups in total. The molecule has 2 aromatic carbocycles. The zero-order chi connectivity index (χ0) is 11.3. The highest BCUT2D eigenvalue weighted by Gasteiger charge is 1.94. The number of hydrogen-bond donors (Lipinski definition) is 2. The summed E-state index contributed by atoms with van der Waals surface area (Å²) in [5.74, 6) is 0. The van der Waals surface area contributed by atoms with Crippen molar-refractivity contribution in [1.82, 2.24) is 0 Å². The molecule has 0 heterocycles. The molecule has 2 rings (SSSR count). The Morgan fingerprint density at radius 2 is 1.53 bits per heavy atom. The number of anilines is 1. The second kappa shape index (κ2) is 5.37. The Hall–Kier alpha value is -1.54. The first kappa shape index (κ1) is 11.5. The zero-order valence-electron chi connectivity index (χ0n) is 9.54. The highest BCUT2D eigenvalue weighted by Crippen LogP contribution is 2.19. The summed E-state index contributed by atoms with van der Waals surface area (Å²) in [6.07, 6.45) is 0. The normalized spacial score (nSPS) is 9.33. The summed E-state index contributed by atoms with van der Waals surface area (Å²) in [6, 6.07) is 12.9. The Morgan fingerprint density at radius 1 is 0.933 bits per heavy atom. The van der Waals surface area contributed by atoms with Gasteiger partial charge in [0.15, 0.2) is 0 Å². The van der Waals surface area contributed by atoms with Crippen LogP contribution in [0.25, 0.3) is 10.8 Å². The van der Waals surface area contributed by atoms with Gasteiger partial charge >= 0.3 is 0 Å². The molecule has 0 unspecified atom stereocenters. The molecule has 0 atom stereocenters. The molecule has 0 saturated heterocycles. The Kier molecular flexibility index (Phi) is 4.13. The van der Waals surface area contributed by atoms with Gasteiger partial charge < -0.3 is 11.1 Å². The third-order valence-corrected chi connectivity index (χ3v) is 2.28. The van der Waals surface area contributed by atoms with Crippen molar-refractivity contribution in [3.63, 3.8) is 0 Å². The summed E-state index contributed by atoms with van der Waals surface area (Å²) >= 11 is 0. The van der Waals surface area contributed by atoms with Gasteiger partial charge in [-0.2, -0.15) is 0 Å². The van der Waals surface area contributed by atoms with E-state index in [4.69, 9.17) is 0 Å². The summed E-state index contributed by atoms with van der Waals surface area (Å²) in [7, 11) is 3.44. The maximum atomic E-state index is 4.50. The van der Waals surface area contributed by atoms with Crippen LogP contribution in [0.3, 0.4) is 0 Å². The minimum Gasteiger partial charge on any atom is -0.388 e. The molecule has 0 spiro atoms. The van der Waals surface area contributed by atoms with Crippen LogP contribution in [-0.2, 0) is 0 Å². The van der Waals surface area contributed by atoms with Crippen LogP contribution >= 0.6 is 0 Å². The molecular formula is C13H18N2. The van der Waals surface area contributed by atoms with Gasteiger partial charge in [-0.25, -0.2) is 0 Å². The van der Waals surface area contributed by atoms with Crippen LogP contribution in [0.15, 0.2) is 36.4 Å². The van der Waals surface area contributed by atoms with Gasteiger partial charge in [-0.3, -0.25) is 0 Å². The molecule has 0 bridgehead atoms. The standard InChI is InChI=1S/C12H13N.CH5N/c1-9-3-4-11-8-12(13-2)6-5-10(11)7-9;1-2/h3-8,13H,1-2H3;2H2,1H3. The smallest absolute Gasteiger partial charge is 0.0343 e. The van der Waals surface area contributed by atoms with Crippen LogP contribution in [0.1, 0.15) is 5.56 Å². The van der Waals surface area contributed by atoms with Crippen molar-refractivity contribution in [3.05, 3.63) is 42.0 Å². The molecular weight excluding hydrogens is 184 g/mol. The molecule has 0 aliphatic rings. The molecule has 2 nitrogen and oxygen atoms in total. The minimum absolute atomic E-state index is 1.16. The maximum Gasteiger partial charge on any atom is 0.0343 e. The quantitative estimate of drug-likeness (QED) is 0.746. The number of hydrogen-bond acceptors (Lipinski definition) is 2. The third-order valence-electron chi connectivity index (χ3n) is 2.28. The van der Waals surface area contributed by atoms with Crippen molar-refractivity contribution < 1.29 is 0 Å². The van der Waals surface area contributed by atoms with E-state index in [9.17, 15) is 0 Å². The number of fused-ring (bicyclic) bond motifs is 1. The van der Waals surface area contributed by atoms with Crippen LogP contribution < -0.4 is 11.1 Å². The van der Waals surface area contributed by atoms with E-state index in [1.165, 1.54) is 23.4 Å². The van der Waals surface area contributed by atoms with Gasteiger partial charge in [-0.05, 0) is 36.9 Å². The molecule has 2 aromatic rings. The van der Waals surface area contributed by atoms with E-state index in [1.54, 1.807) is 0 Å². The molecule has 0 radical (unpaired) electrons.